The quantitative estimate of drug-likeness (QED) is 0.922. The molecule has 1 aromatic rings. The Morgan fingerprint density at radius 2 is 1.96 bits per heavy atom. The van der Waals surface area contributed by atoms with Gasteiger partial charge in [-0.1, -0.05) is 23.7 Å². The van der Waals surface area contributed by atoms with Crippen LogP contribution in [0.15, 0.2) is 24.3 Å². The summed E-state index contributed by atoms with van der Waals surface area (Å²) in [4.78, 5) is 12.3. The zero-order chi connectivity index (χ0) is 16.3. The first kappa shape index (κ1) is 16.3. The fourth-order valence-electron chi connectivity index (χ4n) is 3.25. The maximum atomic E-state index is 12.3. The van der Waals surface area contributed by atoms with Gasteiger partial charge in [-0.2, -0.15) is 5.26 Å². The molecule has 0 atom stereocenters. The van der Waals surface area contributed by atoms with Crippen LogP contribution in [-0.4, -0.2) is 30.4 Å². The number of hydrogen-bond donors (Lipinski definition) is 1. The van der Waals surface area contributed by atoms with Gasteiger partial charge in [-0.25, -0.2) is 0 Å². The Labute approximate surface area is 140 Å². The van der Waals surface area contributed by atoms with Gasteiger partial charge in [0, 0.05) is 17.9 Å². The number of carbonyl (C=O) groups excluding carboxylic acids is 1. The summed E-state index contributed by atoms with van der Waals surface area (Å²) in [5.74, 6) is -0.712. The third-order valence-corrected chi connectivity index (χ3v) is 4.76. The van der Waals surface area contributed by atoms with Gasteiger partial charge in [-0.05, 0) is 30.5 Å². The fourth-order valence-corrected chi connectivity index (χ4v) is 3.46. The van der Waals surface area contributed by atoms with Gasteiger partial charge in [-0.3, -0.25) is 4.79 Å². The molecule has 2 aliphatic rings. The number of benzene rings is 1. The molecule has 1 aliphatic heterocycles. The molecule has 0 aromatic heterocycles. The van der Waals surface area contributed by atoms with Crippen molar-refractivity contribution in [1.82, 2.24) is 5.32 Å². The lowest BCUT2D eigenvalue weighted by Gasteiger charge is -2.40. The lowest BCUT2D eigenvalue weighted by atomic mass is 9.79. The zero-order valence-electron chi connectivity index (χ0n) is 12.8. The Morgan fingerprint density at radius 3 is 2.57 bits per heavy atom. The van der Waals surface area contributed by atoms with Gasteiger partial charge in [0.15, 0.2) is 5.79 Å². The Balaban J connectivity index is 1.61. The molecule has 1 amide bonds. The van der Waals surface area contributed by atoms with Crippen molar-refractivity contribution < 1.29 is 14.3 Å². The summed E-state index contributed by atoms with van der Waals surface area (Å²) in [7, 11) is 0. The zero-order valence-corrected chi connectivity index (χ0v) is 13.6. The van der Waals surface area contributed by atoms with Crippen molar-refractivity contribution in [3.05, 3.63) is 34.9 Å². The van der Waals surface area contributed by atoms with Crippen molar-refractivity contribution in [2.75, 3.05) is 13.2 Å². The van der Waals surface area contributed by atoms with Crippen LogP contribution in [-0.2, 0) is 20.7 Å². The first-order valence-electron chi connectivity index (χ1n) is 7.79. The molecule has 3 rings (SSSR count). The largest absolute Gasteiger partial charge is 0.348 e. The molecule has 0 bridgehead atoms. The molecule has 23 heavy (non-hydrogen) atoms. The van der Waals surface area contributed by atoms with Crippen LogP contribution in [0.5, 0.6) is 0 Å². The first-order chi connectivity index (χ1) is 11.0. The molecule has 0 unspecified atom stereocenters. The molecule has 1 aliphatic carbocycles. The summed E-state index contributed by atoms with van der Waals surface area (Å²) >= 11 is 5.93. The monoisotopic (exact) mass is 334 g/mol. The lowest BCUT2D eigenvalue weighted by Crippen LogP contribution is -2.53. The van der Waals surface area contributed by atoms with Crippen LogP contribution in [0, 0.1) is 11.3 Å². The summed E-state index contributed by atoms with van der Waals surface area (Å²) in [6, 6.07) is 9.47. The number of carbonyl (C=O) groups is 1. The van der Waals surface area contributed by atoms with Crippen LogP contribution in [0.2, 0.25) is 5.02 Å². The smallest absolute Gasteiger partial charge is 0.225 e. The molecule has 6 heteroatoms. The Kier molecular flexibility index (Phi) is 4.58. The number of nitrogens with zero attached hydrogens (tertiary/aromatic N) is 1. The van der Waals surface area contributed by atoms with E-state index in [4.69, 9.17) is 21.1 Å². The third kappa shape index (κ3) is 3.66. The van der Waals surface area contributed by atoms with Gasteiger partial charge < -0.3 is 14.8 Å². The highest BCUT2D eigenvalue weighted by atomic mass is 35.5. The Morgan fingerprint density at radius 1 is 1.26 bits per heavy atom. The number of hydrogen-bond acceptors (Lipinski definition) is 4. The molecule has 2 fully saturated rings. The van der Waals surface area contributed by atoms with E-state index in [9.17, 15) is 10.1 Å². The highest BCUT2D eigenvalue weighted by Gasteiger charge is 2.47. The van der Waals surface area contributed by atoms with E-state index in [1.807, 2.05) is 12.1 Å². The van der Waals surface area contributed by atoms with Gasteiger partial charge in [0.25, 0.3) is 0 Å². The van der Waals surface area contributed by atoms with E-state index in [1.165, 1.54) is 0 Å². The molecule has 1 N–H and O–H groups in total. The fraction of sp³-hybridized carbons (Fsp3) is 0.529. The minimum Gasteiger partial charge on any atom is -0.348 e. The summed E-state index contributed by atoms with van der Waals surface area (Å²) < 4.78 is 11.3. The molecule has 122 valence electrons. The number of ether oxygens (including phenoxy) is 2. The molecule has 1 saturated heterocycles. The van der Waals surface area contributed by atoms with Gasteiger partial charge in [0.1, 0.15) is 5.54 Å². The predicted molar refractivity (Wildman–Crippen MR) is 84.7 cm³/mol. The van der Waals surface area contributed by atoms with Gasteiger partial charge in [0.05, 0.1) is 25.7 Å². The molecule has 1 aromatic carbocycles. The second-order valence-electron chi connectivity index (χ2n) is 6.16. The van der Waals surface area contributed by atoms with Crippen LogP contribution in [0.3, 0.4) is 0 Å². The summed E-state index contributed by atoms with van der Waals surface area (Å²) in [5.41, 5.74) is -0.00576. The first-order valence-corrected chi connectivity index (χ1v) is 8.17. The number of nitriles is 1. The Hall–Kier alpha value is -1.61. The van der Waals surface area contributed by atoms with Crippen molar-refractivity contribution in [1.29, 1.82) is 5.26 Å². The van der Waals surface area contributed by atoms with Crippen molar-refractivity contribution in [3.8, 4) is 6.07 Å². The molecular weight excluding hydrogens is 316 g/mol. The molecule has 0 radical (unpaired) electrons. The molecule has 1 saturated carbocycles. The second kappa shape index (κ2) is 6.48. The summed E-state index contributed by atoms with van der Waals surface area (Å²) in [6.07, 6.45) is 2.52. The summed E-state index contributed by atoms with van der Waals surface area (Å²) in [6.45, 7) is 1.20. The van der Waals surface area contributed by atoms with Gasteiger partial charge in [-0.15, -0.1) is 0 Å². The Bertz CT molecular complexity index is 625. The van der Waals surface area contributed by atoms with Crippen LogP contribution in [0.1, 0.15) is 31.2 Å². The number of halogens is 1. The standard InChI is InChI=1S/C17H19ClN2O3/c18-14-3-1-2-13(10-14)11-15(21)20-16(12-19)4-6-17(7-5-16)22-8-9-23-17/h1-3,10H,4-9,11H2,(H,20,21). The average molecular weight is 335 g/mol. The van der Waals surface area contributed by atoms with E-state index in [2.05, 4.69) is 11.4 Å². The predicted octanol–water partition coefficient (Wildman–Crippen LogP) is 2.58. The van der Waals surface area contributed by atoms with E-state index in [0.29, 0.717) is 43.9 Å². The van der Waals surface area contributed by atoms with E-state index in [1.54, 1.807) is 12.1 Å². The lowest BCUT2D eigenvalue weighted by molar-refractivity contribution is -0.183. The maximum absolute atomic E-state index is 12.3. The topological polar surface area (TPSA) is 71.4 Å². The number of nitrogens with one attached hydrogen (secondary N) is 1. The second-order valence-corrected chi connectivity index (χ2v) is 6.59. The number of rotatable bonds is 3. The third-order valence-electron chi connectivity index (χ3n) is 4.53. The molecule has 5 nitrogen and oxygen atoms in total. The maximum Gasteiger partial charge on any atom is 0.225 e. The van der Waals surface area contributed by atoms with Gasteiger partial charge >= 0.3 is 0 Å². The highest BCUT2D eigenvalue weighted by molar-refractivity contribution is 6.30. The van der Waals surface area contributed by atoms with Crippen LogP contribution < -0.4 is 5.32 Å². The van der Waals surface area contributed by atoms with E-state index >= 15 is 0 Å². The van der Waals surface area contributed by atoms with Crippen molar-refractivity contribution >= 4 is 17.5 Å². The minimum absolute atomic E-state index is 0.168. The van der Waals surface area contributed by atoms with E-state index in [-0.39, 0.29) is 12.3 Å². The summed E-state index contributed by atoms with van der Waals surface area (Å²) in [5, 5.41) is 13.1. The normalized spacial score (nSPS) is 21.7. The molecule has 1 heterocycles. The highest BCUT2D eigenvalue weighted by Crippen LogP contribution is 2.40. The number of amides is 1. The minimum atomic E-state index is -0.837. The van der Waals surface area contributed by atoms with E-state index in [0.717, 1.165) is 5.56 Å². The van der Waals surface area contributed by atoms with Crippen molar-refractivity contribution in [2.45, 2.75) is 43.4 Å². The van der Waals surface area contributed by atoms with Crippen molar-refractivity contribution in [2.24, 2.45) is 0 Å². The van der Waals surface area contributed by atoms with Crippen molar-refractivity contribution in [3.63, 3.8) is 0 Å². The van der Waals surface area contributed by atoms with Crippen LogP contribution >= 0.6 is 11.6 Å². The SMILES string of the molecule is N#CC1(NC(=O)Cc2cccc(Cl)c2)CCC2(CC1)OCCO2. The van der Waals surface area contributed by atoms with E-state index < -0.39 is 11.3 Å². The average Bonchev–Trinajstić information content (AvgIpc) is 2.99. The molecule has 1 spiro atoms. The van der Waals surface area contributed by atoms with Crippen LogP contribution in [0.25, 0.3) is 0 Å². The molecular formula is C17H19ClN2O3. The van der Waals surface area contributed by atoms with Gasteiger partial charge in [0.2, 0.25) is 5.91 Å². The van der Waals surface area contributed by atoms with Crippen LogP contribution in [0.4, 0.5) is 0 Å².